The van der Waals surface area contributed by atoms with E-state index in [1.165, 1.54) is 6.07 Å². The van der Waals surface area contributed by atoms with Crippen molar-refractivity contribution in [3.8, 4) is 11.5 Å². The molecule has 3 rings (SSSR count). The fourth-order valence-electron chi connectivity index (χ4n) is 2.70. The van der Waals surface area contributed by atoms with Crippen LogP contribution in [0.5, 0.6) is 0 Å². The van der Waals surface area contributed by atoms with E-state index in [-0.39, 0.29) is 11.5 Å². The molecule has 0 saturated heterocycles. The van der Waals surface area contributed by atoms with Gasteiger partial charge < -0.3 is 10.3 Å². The monoisotopic (exact) mass is 353 g/mol. The van der Waals surface area contributed by atoms with Crippen LogP contribution in [0.4, 0.5) is 4.39 Å². The van der Waals surface area contributed by atoms with Gasteiger partial charge in [0.25, 0.3) is 5.89 Å². The second kappa shape index (κ2) is 5.50. The number of benzene rings is 1. The largest absolute Gasteiger partial charge is 0.334 e. The van der Waals surface area contributed by atoms with E-state index in [9.17, 15) is 4.39 Å². The number of nitrogens with zero attached hydrogens (tertiary/aromatic N) is 2. The fourth-order valence-corrected chi connectivity index (χ4v) is 3.06. The first-order valence-electron chi connectivity index (χ1n) is 7.06. The van der Waals surface area contributed by atoms with E-state index < -0.39 is 11.4 Å². The molecule has 6 heteroatoms. The van der Waals surface area contributed by atoms with Gasteiger partial charge in [0, 0.05) is 4.47 Å². The summed E-state index contributed by atoms with van der Waals surface area (Å²) < 4.78 is 19.9. The quantitative estimate of drug-likeness (QED) is 0.885. The number of nitrogens with two attached hydrogens (primary N) is 1. The molecular formula is C15H17BrFN3O. The van der Waals surface area contributed by atoms with Crippen LogP contribution in [0.25, 0.3) is 11.5 Å². The summed E-state index contributed by atoms with van der Waals surface area (Å²) in [7, 11) is 0. The number of hydrogen-bond acceptors (Lipinski definition) is 4. The molecule has 2 N–H and O–H groups in total. The van der Waals surface area contributed by atoms with Crippen molar-refractivity contribution in [2.24, 2.45) is 11.7 Å². The molecule has 0 spiro atoms. The summed E-state index contributed by atoms with van der Waals surface area (Å²) in [5.41, 5.74) is 6.14. The van der Waals surface area contributed by atoms with Crippen molar-refractivity contribution in [2.75, 3.05) is 0 Å². The maximum Gasteiger partial charge on any atom is 0.261 e. The highest BCUT2D eigenvalue weighted by Gasteiger charge is 2.36. The Hall–Kier alpha value is -1.27. The van der Waals surface area contributed by atoms with Crippen LogP contribution in [0.2, 0.25) is 0 Å². The van der Waals surface area contributed by atoms with E-state index in [2.05, 4.69) is 33.0 Å². The summed E-state index contributed by atoms with van der Waals surface area (Å²) in [4.78, 5) is 4.34. The van der Waals surface area contributed by atoms with Crippen molar-refractivity contribution < 1.29 is 8.91 Å². The summed E-state index contributed by atoms with van der Waals surface area (Å²) in [5, 5.41) is 3.99. The Kier molecular flexibility index (Phi) is 3.84. The lowest BCUT2D eigenvalue weighted by Gasteiger charge is -2.33. The number of halogens is 2. The van der Waals surface area contributed by atoms with Gasteiger partial charge in [0.2, 0.25) is 0 Å². The Balaban J connectivity index is 1.91. The normalized spacial score (nSPS) is 26.0. The summed E-state index contributed by atoms with van der Waals surface area (Å²) in [5.74, 6) is 0.934. The van der Waals surface area contributed by atoms with Gasteiger partial charge in [-0.05, 0) is 49.8 Å². The molecule has 1 aliphatic rings. The van der Waals surface area contributed by atoms with Gasteiger partial charge in [0.1, 0.15) is 5.82 Å². The van der Waals surface area contributed by atoms with Crippen LogP contribution in [0.3, 0.4) is 0 Å². The van der Waals surface area contributed by atoms with Crippen LogP contribution in [-0.4, -0.2) is 10.1 Å². The standard InChI is InChI=1S/C15H17BrFN3O/c1-9-4-6-15(18,7-5-9)14-19-13(21-20-14)11-8-10(16)2-3-12(11)17/h2-3,8-9H,4-7,18H2,1H3. The van der Waals surface area contributed by atoms with Crippen LogP contribution in [0.15, 0.2) is 27.2 Å². The van der Waals surface area contributed by atoms with Gasteiger partial charge in [-0.25, -0.2) is 4.39 Å². The number of rotatable bonds is 2. The molecule has 1 saturated carbocycles. The average molecular weight is 354 g/mol. The lowest BCUT2D eigenvalue weighted by molar-refractivity contribution is 0.230. The number of hydrogen-bond donors (Lipinski definition) is 1. The molecule has 2 aromatic rings. The molecule has 4 nitrogen and oxygen atoms in total. The average Bonchev–Trinajstić information content (AvgIpc) is 2.95. The van der Waals surface area contributed by atoms with E-state index in [0.29, 0.717) is 11.7 Å². The van der Waals surface area contributed by atoms with Gasteiger partial charge in [-0.15, -0.1) is 0 Å². The molecular weight excluding hydrogens is 337 g/mol. The Morgan fingerprint density at radius 1 is 1.38 bits per heavy atom. The minimum absolute atomic E-state index is 0.173. The van der Waals surface area contributed by atoms with Crippen molar-refractivity contribution >= 4 is 15.9 Å². The van der Waals surface area contributed by atoms with Crippen molar-refractivity contribution in [1.82, 2.24) is 10.1 Å². The van der Waals surface area contributed by atoms with Gasteiger partial charge in [-0.2, -0.15) is 4.98 Å². The van der Waals surface area contributed by atoms with Crippen LogP contribution in [-0.2, 0) is 5.54 Å². The molecule has 0 unspecified atom stereocenters. The topological polar surface area (TPSA) is 64.9 Å². The minimum atomic E-state index is -0.559. The molecule has 21 heavy (non-hydrogen) atoms. The molecule has 112 valence electrons. The lowest BCUT2D eigenvalue weighted by Crippen LogP contribution is -2.41. The second-order valence-electron chi connectivity index (χ2n) is 5.89. The maximum absolute atomic E-state index is 13.9. The Morgan fingerprint density at radius 2 is 2.10 bits per heavy atom. The van der Waals surface area contributed by atoms with Crippen LogP contribution in [0, 0.1) is 11.7 Å². The highest BCUT2D eigenvalue weighted by Crippen LogP contribution is 2.37. The first kappa shape index (κ1) is 14.7. The van der Waals surface area contributed by atoms with Gasteiger partial charge in [0.15, 0.2) is 5.82 Å². The third-order valence-corrected chi connectivity index (χ3v) is 4.69. The predicted octanol–water partition coefficient (Wildman–Crippen LogP) is 4.00. The Labute approximate surface area is 131 Å². The van der Waals surface area contributed by atoms with E-state index in [4.69, 9.17) is 10.3 Å². The van der Waals surface area contributed by atoms with Gasteiger partial charge in [-0.1, -0.05) is 28.0 Å². The summed E-state index contributed by atoms with van der Waals surface area (Å²) >= 11 is 3.31. The third kappa shape index (κ3) is 2.87. The molecule has 0 bridgehead atoms. The molecule has 0 amide bonds. The molecule has 1 heterocycles. The summed E-state index contributed by atoms with van der Waals surface area (Å²) in [6.07, 6.45) is 3.75. The van der Waals surface area contributed by atoms with Crippen LogP contribution < -0.4 is 5.73 Å². The first-order valence-corrected chi connectivity index (χ1v) is 7.86. The molecule has 0 aliphatic heterocycles. The van der Waals surface area contributed by atoms with Crippen molar-refractivity contribution in [1.29, 1.82) is 0 Å². The van der Waals surface area contributed by atoms with Crippen LogP contribution >= 0.6 is 15.9 Å². The van der Waals surface area contributed by atoms with Gasteiger partial charge >= 0.3 is 0 Å². The lowest BCUT2D eigenvalue weighted by atomic mass is 9.77. The zero-order valence-corrected chi connectivity index (χ0v) is 13.4. The number of aromatic nitrogens is 2. The van der Waals surface area contributed by atoms with E-state index in [0.717, 1.165) is 30.2 Å². The highest BCUT2D eigenvalue weighted by atomic mass is 79.9. The Morgan fingerprint density at radius 3 is 2.81 bits per heavy atom. The smallest absolute Gasteiger partial charge is 0.261 e. The first-order chi connectivity index (χ1) is 9.98. The molecule has 0 atom stereocenters. The summed E-state index contributed by atoms with van der Waals surface area (Å²) in [6.45, 7) is 2.22. The molecule has 1 aliphatic carbocycles. The van der Waals surface area contributed by atoms with Crippen molar-refractivity contribution in [2.45, 2.75) is 38.1 Å². The van der Waals surface area contributed by atoms with E-state index in [1.807, 2.05) is 0 Å². The molecule has 1 aromatic heterocycles. The zero-order chi connectivity index (χ0) is 15.0. The van der Waals surface area contributed by atoms with Crippen molar-refractivity contribution in [3.05, 3.63) is 34.3 Å². The molecule has 1 aromatic carbocycles. The van der Waals surface area contributed by atoms with E-state index in [1.54, 1.807) is 12.1 Å². The second-order valence-corrected chi connectivity index (χ2v) is 6.80. The van der Waals surface area contributed by atoms with E-state index >= 15 is 0 Å². The van der Waals surface area contributed by atoms with Crippen LogP contribution in [0.1, 0.15) is 38.4 Å². The molecule has 1 fully saturated rings. The SMILES string of the molecule is CC1CCC(N)(c2noc(-c3cc(Br)ccc3F)n2)CC1. The Bertz CT molecular complexity index is 650. The fraction of sp³-hybridized carbons (Fsp3) is 0.467. The third-order valence-electron chi connectivity index (χ3n) is 4.20. The maximum atomic E-state index is 13.9. The van der Waals surface area contributed by atoms with Gasteiger partial charge in [-0.3, -0.25) is 0 Å². The van der Waals surface area contributed by atoms with Crippen molar-refractivity contribution in [3.63, 3.8) is 0 Å². The zero-order valence-electron chi connectivity index (χ0n) is 11.8. The highest BCUT2D eigenvalue weighted by molar-refractivity contribution is 9.10. The van der Waals surface area contributed by atoms with Gasteiger partial charge in [0.05, 0.1) is 11.1 Å². The predicted molar refractivity (Wildman–Crippen MR) is 80.9 cm³/mol. The minimum Gasteiger partial charge on any atom is -0.334 e. The molecule has 0 radical (unpaired) electrons. The summed E-state index contributed by atoms with van der Waals surface area (Å²) in [6, 6.07) is 4.62.